The normalized spacial score (nSPS) is 19.5. The van der Waals surface area contributed by atoms with E-state index in [-0.39, 0.29) is 0 Å². The summed E-state index contributed by atoms with van der Waals surface area (Å²) in [6, 6.07) is 0. The fourth-order valence-corrected chi connectivity index (χ4v) is 3.28. The van der Waals surface area contributed by atoms with Crippen molar-refractivity contribution in [3.63, 3.8) is 0 Å². The van der Waals surface area contributed by atoms with E-state index in [0.717, 1.165) is 12.5 Å². The lowest BCUT2D eigenvalue weighted by molar-refractivity contribution is 0.124. The quantitative estimate of drug-likeness (QED) is 0.552. The molecular weight excluding hydrogens is 220 g/mol. The predicted molar refractivity (Wildman–Crippen MR) is 80.7 cm³/mol. The van der Waals surface area contributed by atoms with E-state index in [1.54, 1.807) is 0 Å². The lowest BCUT2D eigenvalue weighted by atomic mass is 9.67. The van der Waals surface area contributed by atoms with Gasteiger partial charge in [0.1, 0.15) is 0 Å². The van der Waals surface area contributed by atoms with Gasteiger partial charge >= 0.3 is 0 Å². The van der Waals surface area contributed by atoms with Gasteiger partial charge in [-0.2, -0.15) is 0 Å². The van der Waals surface area contributed by atoms with Crippen LogP contribution in [0.3, 0.4) is 0 Å². The molecule has 1 aliphatic rings. The molecule has 0 spiro atoms. The first-order chi connectivity index (χ1) is 8.76. The lowest BCUT2D eigenvalue weighted by Gasteiger charge is -2.41. The number of hydrogen-bond donors (Lipinski definition) is 2. The van der Waals surface area contributed by atoms with Gasteiger partial charge in [0.2, 0.25) is 0 Å². The standard InChI is InChI=1S/C16H34N2/c1-3-7-15(9-12-17)8-5-13-18-14-16(4-2)10-6-11-16/h15,18H,3-14,17H2,1-2H3. The van der Waals surface area contributed by atoms with E-state index in [9.17, 15) is 0 Å². The Morgan fingerprint density at radius 1 is 1.17 bits per heavy atom. The van der Waals surface area contributed by atoms with Crippen LogP contribution < -0.4 is 11.1 Å². The number of hydrogen-bond acceptors (Lipinski definition) is 2. The minimum absolute atomic E-state index is 0.667. The van der Waals surface area contributed by atoms with Crippen molar-refractivity contribution in [3.8, 4) is 0 Å². The third-order valence-corrected chi connectivity index (χ3v) is 4.90. The average Bonchev–Trinajstić information content (AvgIpc) is 2.32. The van der Waals surface area contributed by atoms with Crippen LogP contribution in [-0.2, 0) is 0 Å². The van der Waals surface area contributed by atoms with Crippen LogP contribution >= 0.6 is 0 Å². The molecule has 0 bridgehead atoms. The summed E-state index contributed by atoms with van der Waals surface area (Å²) in [5, 5.41) is 3.69. The van der Waals surface area contributed by atoms with Gasteiger partial charge in [-0.05, 0) is 62.9 Å². The Kier molecular flexibility index (Phi) is 7.92. The third-order valence-electron chi connectivity index (χ3n) is 4.90. The Bertz CT molecular complexity index is 188. The topological polar surface area (TPSA) is 38.0 Å². The van der Waals surface area contributed by atoms with Gasteiger partial charge in [0.15, 0.2) is 0 Å². The molecule has 1 atom stereocenters. The molecule has 0 heterocycles. The van der Waals surface area contributed by atoms with Crippen LogP contribution in [0.5, 0.6) is 0 Å². The van der Waals surface area contributed by atoms with Crippen LogP contribution in [0.2, 0.25) is 0 Å². The molecule has 2 heteroatoms. The second-order valence-electron chi connectivity index (χ2n) is 6.26. The molecule has 3 N–H and O–H groups in total. The first-order valence-corrected chi connectivity index (χ1v) is 8.17. The minimum Gasteiger partial charge on any atom is -0.330 e. The maximum Gasteiger partial charge on any atom is 0.000770 e. The highest BCUT2D eigenvalue weighted by atomic mass is 14.9. The molecule has 0 aromatic rings. The van der Waals surface area contributed by atoms with Crippen LogP contribution in [0, 0.1) is 11.3 Å². The van der Waals surface area contributed by atoms with Gasteiger partial charge in [0, 0.05) is 6.54 Å². The summed E-state index contributed by atoms with van der Waals surface area (Å²) in [7, 11) is 0. The first-order valence-electron chi connectivity index (χ1n) is 8.17. The Morgan fingerprint density at radius 3 is 2.44 bits per heavy atom. The first kappa shape index (κ1) is 16.0. The van der Waals surface area contributed by atoms with Gasteiger partial charge in [0.05, 0.1) is 0 Å². The average molecular weight is 254 g/mol. The Labute approximate surface area is 114 Å². The molecule has 0 aromatic heterocycles. The molecule has 0 radical (unpaired) electrons. The molecule has 2 nitrogen and oxygen atoms in total. The second-order valence-corrected chi connectivity index (χ2v) is 6.26. The largest absolute Gasteiger partial charge is 0.330 e. The summed E-state index contributed by atoms with van der Waals surface area (Å²) in [6.45, 7) is 7.94. The Morgan fingerprint density at radius 2 is 1.94 bits per heavy atom. The highest BCUT2D eigenvalue weighted by Crippen LogP contribution is 2.42. The molecule has 18 heavy (non-hydrogen) atoms. The molecule has 0 amide bonds. The summed E-state index contributed by atoms with van der Waals surface area (Å²) >= 11 is 0. The van der Waals surface area contributed by atoms with Crippen LogP contribution in [0.15, 0.2) is 0 Å². The van der Waals surface area contributed by atoms with E-state index >= 15 is 0 Å². The number of nitrogens with one attached hydrogen (secondary N) is 1. The van der Waals surface area contributed by atoms with Crippen molar-refractivity contribution < 1.29 is 0 Å². The van der Waals surface area contributed by atoms with Crippen molar-refractivity contribution in [2.75, 3.05) is 19.6 Å². The third kappa shape index (κ3) is 5.27. The predicted octanol–water partition coefficient (Wildman–Crippen LogP) is 3.70. The van der Waals surface area contributed by atoms with Gasteiger partial charge in [0.25, 0.3) is 0 Å². The van der Waals surface area contributed by atoms with Gasteiger partial charge in [-0.3, -0.25) is 0 Å². The smallest absolute Gasteiger partial charge is 0.000770 e. The van der Waals surface area contributed by atoms with E-state index < -0.39 is 0 Å². The highest BCUT2D eigenvalue weighted by molar-refractivity contribution is 4.88. The fourth-order valence-electron chi connectivity index (χ4n) is 3.28. The minimum atomic E-state index is 0.667. The SMILES string of the molecule is CCCC(CCN)CCCNCC1(CC)CCC1. The van der Waals surface area contributed by atoms with Crippen LogP contribution in [0.4, 0.5) is 0 Å². The number of nitrogens with two attached hydrogens (primary N) is 1. The van der Waals surface area contributed by atoms with Crippen molar-refractivity contribution >= 4 is 0 Å². The molecule has 1 rings (SSSR count). The van der Waals surface area contributed by atoms with Crippen LogP contribution in [-0.4, -0.2) is 19.6 Å². The van der Waals surface area contributed by atoms with Crippen molar-refractivity contribution in [3.05, 3.63) is 0 Å². The molecule has 1 unspecified atom stereocenters. The maximum atomic E-state index is 5.68. The summed E-state index contributed by atoms with van der Waals surface area (Å²) < 4.78 is 0. The van der Waals surface area contributed by atoms with Gasteiger partial charge in [-0.25, -0.2) is 0 Å². The van der Waals surface area contributed by atoms with E-state index in [1.165, 1.54) is 70.9 Å². The van der Waals surface area contributed by atoms with Gasteiger partial charge in [-0.15, -0.1) is 0 Å². The van der Waals surface area contributed by atoms with E-state index in [4.69, 9.17) is 5.73 Å². The molecular formula is C16H34N2. The van der Waals surface area contributed by atoms with Crippen molar-refractivity contribution in [2.45, 2.75) is 71.6 Å². The monoisotopic (exact) mass is 254 g/mol. The molecule has 1 aliphatic carbocycles. The zero-order valence-electron chi connectivity index (χ0n) is 12.6. The zero-order chi connectivity index (χ0) is 13.3. The lowest BCUT2D eigenvalue weighted by Crippen LogP contribution is -2.39. The number of rotatable bonds is 11. The van der Waals surface area contributed by atoms with Crippen molar-refractivity contribution in [2.24, 2.45) is 17.1 Å². The molecule has 108 valence electrons. The fraction of sp³-hybridized carbons (Fsp3) is 1.00. The van der Waals surface area contributed by atoms with Crippen molar-refractivity contribution in [1.29, 1.82) is 0 Å². The molecule has 0 saturated heterocycles. The van der Waals surface area contributed by atoms with Crippen LogP contribution in [0.25, 0.3) is 0 Å². The Hall–Kier alpha value is -0.0800. The van der Waals surface area contributed by atoms with E-state index in [0.29, 0.717) is 5.41 Å². The summed E-state index contributed by atoms with van der Waals surface area (Å²) in [5.41, 5.74) is 6.34. The molecule has 0 aliphatic heterocycles. The highest BCUT2D eigenvalue weighted by Gasteiger charge is 2.34. The van der Waals surface area contributed by atoms with E-state index in [1.807, 2.05) is 0 Å². The molecule has 0 aromatic carbocycles. The Balaban J connectivity index is 2.02. The van der Waals surface area contributed by atoms with E-state index in [2.05, 4.69) is 19.2 Å². The molecule has 1 saturated carbocycles. The van der Waals surface area contributed by atoms with Gasteiger partial charge < -0.3 is 11.1 Å². The van der Waals surface area contributed by atoms with Crippen LogP contribution in [0.1, 0.15) is 71.6 Å². The maximum absolute atomic E-state index is 5.68. The van der Waals surface area contributed by atoms with Crippen molar-refractivity contribution in [1.82, 2.24) is 5.32 Å². The summed E-state index contributed by atoms with van der Waals surface area (Å²) in [5.74, 6) is 0.866. The zero-order valence-corrected chi connectivity index (χ0v) is 12.6. The van der Waals surface area contributed by atoms with Gasteiger partial charge in [-0.1, -0.05) is 33.1 Å². The summed E-state index contributed by atoms with van der Waals surface area (Å²) in [4.78, 5) is 0. The summed E-state index contributed by atoms with van der Waals surface area (Å²) in [6.07, 6.45) is 12.3. The second kappa shape index (κ2) is 8.92. The molecule has 1 fully saturated rings.